The van der Waals surface area contributed by atoms with Gasteiger partial charge in [0.2, 0.25) is 0 Å². The summed E-state index contributed by atoms with van der Waals surface area (Å²) in [6.07, 6.45) is 6.03. The lowest BCUT2D eigenvalue weighted by Gasteiger charge is -2.36. The van der Waals surface area contributed by atoms with E-state index in [0.717, 1.165) is 51.5 Å². The zero-order chi connectivity index (χ0) is 17.7. The predicted molar refractivity (Wildman–Crippen MR) is 104 cm³/mol. The normalized spacial score (nSPS) is 12.8. The van der Waals surface area contributed by atoms with Crippen LogP contribution in [-0.2, 0) is 0 Å². The summed E-state index contributed by atoms with van der Waals surface area (Å²) in [5, 5.41) is 0. The molecule has 0 aliphatic heterocycles. The molecule has 0 saturated carbocycles. The van der Waals surface area contributed by atoms with Crippen LogP contribution in [0.2, 0.25) is 0 Å². The standard InChI is InChI=1S/C19H44N4/c1-18(2)10-6-16-23(19(3,4)5)17-9-15-22(13-7-11-20)14-8-12-21/h18H,6-17,20-21H2,1-5H3. The first-order valence-electron chi connectivity index (χ1n) is 9.68. The van der Waals surface area contributed by atoms with Crippen molar-refractivity contribution in [2.45, 2.75) is 72.3 Å². The van der Waals surface area contributed by atoms with Crippen molar-refractivity contribution < 1.29 is 0 Å². The topological polar surface area (TPSA) is 58.5 Å². The first kappa shape index (κ1) is 22.8. The third-order valence-electron chi connectivity index (χ3n) is 4.42. The Hall–Kier alpha value is -0.160. The molecule has 0 aromatic carbocycles. The third-order valence-corrected chi connectivity index (χ3v) is 4.42. The van der Waals surface area contributed by atoms with E-state index in [-0.39, 0.29) is 5.54 Å². The smallest absolute Gasteiger partial charge is 0.0125 e. The third kappa shape index (κ3) is 12.9. The van der Waals surface area contributed by atoms with Crippen LogP contribution in [-0.4, -0.2) is 61.2 Å². The van der Waals surface area contributed by atoms with Gasteiger partial charge in [0.15, 0.2) is 0 Å². The van der Waals surface area contributed by atoms with Crippen molar-refractivity contribution in [3.05, 3.63) is 0 Å². The van der Waals surface area contributed by atoms with E-state index in [4.69, 9.17) is 11.5 Å². The Bertz CT molecular complexity index is 253. The molecule has 0 saturated heterocycles. The van der Waals surface area contributed by atoms with Crippen LogP contribution in [0.15, 0.2) is 0 Å². The minimum absolute atomic E-state index is 0.260. The van der Waals surface area contributed by atoms with Gasteiger partial charge in [-0.15, -0.1) is 0 Å². The van der Waals surface area contributed by atoms with Crippen LogP contribution in [0, 0.1) is 5.92 Å². The first-order chi connectivity index (χ1) is 10.8. The van der Waals surface area contributed by atoms with E-state index in [9.17, 15) is 0 Å². The Morgan fingerprint density at radius 2 is 1.22 bits per heavy atom. The van der Waals surface area contributed by atoms with Crippen molar-refractivity contribution in [3.8, 4) is 0 Å². The Kier molecular flexibility index (Phi) is 13.1. The summed E-state index contributed by atoms with van der Waals surface area (Å²) in [5.41, 5.74) is 11.6. The molecule has 4 heteroatoms. The summed E-state index contributed by atoms with van der Waals surface area (Å²) in [7, 11) is 0. The maximum atomic E-state index is 5.66. The second kappa shape index (κ2) is 13.2. The molecule has 0 heterocycles. The average Bonchev–Trinajstić information content (AvgIpc) is 2.46. The fourth-order valence-electron chi connectivity index (χ4n) is 2.92. The molecule has 0 bridgehead atoms. The van der Waals surface area contributed by atoms with E-state index < -0.39 is 0 Å². The quantitative estimate of drug-likeness (QED) is 0.515. The highest BCUT2D eigenvalue weighted by atomic mass is 15.2. The van der Waals surface area contributed by atoms with Gasteiger partial charge in [-0.3, -0.25) is 4.90 Å². The molecule has 140 valence electrons. The summed E-state index contributed by atoms with van der Waals surface area (Å²) >= 11 is 0. The average molecular weight is 329 g/mol. The van der Waals surface area contributed by atoms with Crippen LogP contribution in [0.25, 0.3) is 0 Å². The summed E-state index contributed by atoms with van der Waals surface area (Å²) in [5.74, 6) is 0.805. The van der Waals surface area contributed by atoms with Crippen LogP contribution < -0.4 is 11.5 Å². The lowest BCUT2D eigenvalue weighted by atomic mass is 10.0. The molecule has 0 unspecified atom stereocenters. The summed E-state index contributed by atoms with van der Waals surface area (Å²) in [4.78, 5) is 5.19. The van der Waals surface area contributed by atoms with Crippen molar-refractivity contribution in [1.82, 2.24) is 9.80 Å². The van der Waals surface area contributed by atoms with Gasteiger partial charge in [0, 0.05) is 5.54 Å². The lowest BCUT2D eigenvalue weighted by molar-refractivity contribution is 0.122. The zero-order valence-electron chi connectivity index (χ0n) is 16.6. The Balaban J connectivity index is 4.23. The molecule has 0 amide bonds. The lowest BCUT2D eigenvalue weighted by Crippen LogP contribution is -2.43. The molecule has 4 N–H and O–H groups in total. The fraction of sp³-hybridized carbons (Fsp3) is 1.00. The Morgan fingerprint density at radius 3 is 1.65 bits per heavy atom. The second-order valence-electron chi connectivity index (χ2n) is 8.17. The van der Waals surface area contributed by atoms with Crippen LogP contribution in [0.3, 0.4) is 0 Å². The maximum Gasteiger partial charge on any atom is 0.0125 e. The van der Waals surface area contributed by atoms with Crippen LogP contribution in [0.4, 0.5) is 0 Å². The van der Waals surface area contributed by atoms with Gasteiger partial charge in [0.05, 0.1) is 0 Å². The van der Waals surface area contributed by atoms with E-state index in [2.05, 4.69) is 44.4 Å². The second-order valence-corrected chi connectivity index (χ2v) is 8.17. The van der Waals surface area contributed by atoms with E-state index in [0.29, 0.717) is 0 Å². The molecule has 4 nitrogen and oxygen atoms in total. The van der Waals surface area contributed by atoms with Gasteiger partial charge in [-0.25, -0.2) is 0 Å². The summed E-state index contributed by atoms with van der Waals surface area (Å²) in [6.45, 7) is 19.0. The predicted octanol–water partition coefficient (Wildman–Crippen LogP) is 2.91. The SMILES string of the molecule is CC(C)CCCN(CCCN(CCCN)CCCN)C(C)(C)C. The van der Waals surface area contributed by atoms with Gasteiger partial charge in [0.1, 0.15) is 0 Å². The van der Waals surface area contributed by atoms with E-state index in [1.54, 1.807) is 0 Å². The Morgan fingerprint density at radius 1 is 0.739 bits per heavy atom. The summed E-state index contributed by atoms with van der Waals surface area (Å²) in [6, 6.07) is 0. The molecule has 0 fully saturated rings. The van der Waals surface area contributed by atoms with Crippen LogP contribution in [0.5, 0.6) is 0 Å². The highest BCUT2D eigenvalue weighted by Crippen LogP contribution is 2.16. The van der Waals surface area contributed by atoms with Crippen LogP contribution >= 0.6 is 0 Å². The van der Waals surface area contributed by atoms with Crippen molar-refractivity contribution in [3.63, 3.8) is 0 Å². The molecule has 0 rings (SSSR count). The number of nitrogens with two attached hydrogens (primary N) is 2. The number of hydrogen-bond acceptors (Lipinski definition) is 4. The number of rotatable bonds is 14. The van der Waals surface area contributed by atoms with Crippen molar-refractivity contribution in [2.24, 2.45) is 17.4 Å². The number of nitrogens with zero attached hydrogens (tertiary/aromatic N) is 2. The Labute approximate surface area is 146 Å². The minimum atomic E-state index is 0.260. The minimum Gasteiger partial charge on any atom is -0.330 e. The molecule has 0 aromatic rings. The van der Waals surface area contributed by atoms with Crippen molar-refractivity contribution in [1.29, 1.82) is 0 Å². The van der Waals surface area contributed by atoms with Crippen LogP contribution in [0.1, 0.15) is 66.7 Å². The fourth-order valence-corrected chi connectivity index (χ4v) is 2.92. The van der Waals surface area contributed by atoms with E-state index >= 15 is 0 Å². The van der Waals surface area contributed by atoms with Gasteiger partial charge in [-0.05, 0) is 105 Å². The van der Waals surface area contributed by atoms with E-state index in [1.807, 2.05) is 0 Å². The molecule has 0 aliphatic carbocycles. The highest BCUT2D eigenvalue weighted by Gasteiger charge is 2.20. The maximum absolute atomic E-state index is 5.66. The molecule has 0 radical (unpaired) electrons. The largest absolute Gasteiger partial charge is 0.330 e. The molecule has 0 atom stereocenters. The number of hydrogen-bond donors (Lipinski definition) is 2. The molecular formula is C19H44N4. The molecule has 23 heavy (non-hydrogen) atoms. The monoisotopic (exact) mass is 328 g/mol. The van der Waals surface area contributed by atoms with Gasteiger partial charge >= 0.3 is 0 Å². The molecule has 0 aliphatic rings. The molecule has 0 aromatic heterocycles. The molecule has 0 spiro atoms. The highest BCUT2D eigenvalue weighted by molar-refractivity contribution is 4.77. The zero-order valence-corrected chi connectivity index (χ0v) is 16.6. The molecular weight excluding hydrogens is 284 g/mol. The van der Waals surface area contributed by atoms with Crippen molar-refractivity contribution in [2.75, 3.05) is 45.8 Å². The van der Waals surface area contributed by atoms with Gasteiger partial charge in [-0.1, -0.05) is 13.8 Å². The first-order valence-corrected chi connectivity index (χ1v) is 9.68. The van der Waals surface area contributed by atoms with Gasteiger partial charge in [-0.2, -0.15) is 0 Å². The van der Waals surface area contributed by atoms with Gasteiger partial charge < -0.3 is 16.4 Å². The van der Waals surface area contributed by atoms with Gasteiger partial charge in [0.25, 0.3) is 0 Å². The summed E-state index contributed by atoms with van der Waals surface area (Å²) < 4.78 is 0. The van der Waals surface area contributed by atoms with E-state index in [1.165, 1.54) is 32.4 Å². The van der Waals surface area contributed by atoms with Crippen molar-refractivity contribution >= 4 is 0 Å².